The van der Waals surface area contributed by atoms with Crippen molar-refractivity contribution in [2.45, 2.75) is 45.1 Å². The maximum Gasteiger partial charge on any atom is 0.0718 e. The molecular weight excluding hydrogens is 170 g/mol. The molecule has 0 amide bonds. The third-order valence-corrected chi connectivity index (χ3v) is 4.01. The molecule has 2 aliphatic rings. The Labute approximate surface area is 87.7 Å². The Bertz CT molecular complexity index is 228. The topological polar surface area (TPSA) is 12.0 Å². The van der Waals surface area contributed by atoms with Crippen molar-refractivity contribution < 1.29 is 0 Å². The van der Waals surface area contributed by atoms with Gasteiger partial charge >= 0.3 is 0 Å². The maximum atomic E-state index is 5.61. The molecule has 2 aliphatic carbocycles. The minimum atomic E-state index is 0.352. The van der Waals surface area contributed by atoms with Crippen LogP contribution < -0.4 is 5.32 Å². The summed E-state index contributed by atoms with van der Waals surface area (Å²) in [6.07, 6.45) is 12.5. The fraction of sp³-hybridized carbons (Fsp3) is 0.846. The molecule has 0 aromatic rings. The summed E-state index contributed by atoms with van der Waals surface area (Å²) in [5, 5.41) is 3.51. The number of rotatable bonds is 4. The van der Waals surface area contributed by atoms with Crippen LogP contribution in [0.25, 0.3) is 0 Å². The zero-order chi connectivity index (χ0) is 9.97. The van der Waals surface area contributed by atoms with Crippen molar-refractivity contribution in [3.05, 3.63) is 0 Å². The smallest absolute Gasteiger partial charge is 0.0718 e. The molecule has 4 unspecified atom stereocenters. The monoisotopic (exact) mass is 191 g/mol. The molecule has 14 heavy (non-hydrogen) atoms. The highest BCUT2D eigenvalue weighted by Gasteiger charge is 2.42. The Hall–Kier alpha value is -0.480. The predicted molar refractivity (Wildman–Crippen MR) is 59.9 cm³/mol. The van der Waals surface area contributed by atoms with Crippen LogP contribution in [0.5, 0.6) is 0 Å². The summed E-state index contributed by atoms with van der Waals surface area (Å²) in [6.45, 7) is 3.27. The normalized spacial score (nSPS) is 37.0. The van der Waals surface area contributed by atoms with Crippen LogP contribution in [0.1, 0.15) is 39.0 Å². The van der Waals surface area contributed by atoms with E-state index in [0.29, 0.717) is 6.04 Å². The van der Waals surface area contributed by atoms with Crippen molar-refractivity contribution in [2.75, 3.05) is 6.54 Å². The Morgan fingerprint density at radius 1 is 1.43 bits per heavy atom. The molecule has 1 N–H and O–H groups in total. The Morgan fingerprint density at radius 3 is 2.79 bits per heavy atom. The molecule has 0 aliphatic heterocycles. The standard InChI is InChI=1S/C13H21N/c1-3-7-14-13(4-2)12-9-10-5-6-11(12)8-10/h2,10-14H,3,5-9H2,1H3. The fourth-order valence-corrected chi connectivity index (χ4v) is 3.34. The minimum absolute atomic E-state index is 0.352. The first-order valence-corrected chi connectivity index (χ1v) is 6.04. The summed E-state index contributed by atoms with van der Waals surface area (Å²) < 4.78 is 0. The van der Waals surface area contributed by atoms with Crippen molar-refractivity contribution in [3.63, 3.8) is 0 Å². The molecule has 1 nitrogen and oxygen atoms in total. The highest BCUT2D eigenvalue weighted by molar-refractivity contribution is 5.07. The highest BCUT2D eigenvalue weighted by Crippen LogP contribution is 2.49. The summed E-state index contributed by atoms with van der Waals surface area (Å²) in [6, 6.07) is 0.352. The van der Waals surface area contributed by atoms with E-state index in [1.807, 2.05) is 0 Å². The molecule has 2 rings (SSSR count). The molecule has 0 aromatic heterocycles. The van der Waals surface area contributed by atoms with Crippen LogP contribution >= 0.6 is 0 Å². The Kier molecular flexibility index (Phi) is 3.13. The molecule has 0 saturated heterocycles. The SMILES string of the molecule is C#CC(NCCC)C1CC2CCC1C2. The lowest BCUT2D eigenvalue weighted by Crippen LogP contribution is -2.37. The number of hydrogen-bond donors (Lipinski definition) is 1. The van der Waals surface area contributed by atoms with Crippen molar-refractivity contribution in [3.8, 4) is 12.3 Å². The third-order valence-electron chi connectivity index (χ3n) is 4.01. The lowest BCUT2D eigenvalue weighted by atomic mass is 9.83. The fourth-order valence-electron chi connectivity index (χ4n) is 3.34. The van der Waals surface area contributed by atoms with Crippen LogP contribution in [0.3, 0.4) is 0 Å². The van der Waals surface area contributed by atoms with E-state index >= 15 is 0 Å². The van der Waals surface area contributed by atoms with Crippen molar-refractivity contribution in [2.24, 2.45) is 17.8 Å². The molecule has 0 radical (unpaired) electrons. The molecule has 1 heteroatoms. The van der Waals surface area contributed by atoms with Gasteiger partial charge in [-0.15, -0.1) is 6.42 Å². The summed E-state index contributed by atoms with van der Waals surface area (Å²) in [5.74, 6) is 5.67. The molecule has 0 aromatic carbocycles. The Balaban J connectivity index is 1.90. The largest absolute Gasteiger partial charge is 0.303 e. The minimum Gasteiger partial charge on any atom is -0.303 e. The van der Waals surface area contributed by atoms with Gasteiger partial charge in [-0.3, -0.25) is 0 Å². The number of hydrogen-bond acceptors (Lipinski definition) is 1. The van der Waals surface area contributed by atoms with Crippen LogP contribution in [-0.2, 0) is 0 Å². The summed E-state index contributed by atoms with van der Waals surface area (Å²) >= 11 is 0. The van der Waals surface area contributed by atoms with Gasteiger partial charge in [-0.2, -0.15) is 0 Å². The number of terminal acetylenes is 1. The second-order valence-corrected chi connectivity index (χ2v) is 4.94. The molecule has 78 valence electrons. The van der Waals surface area contributed by atoms with Crippen LogP contribution in [0.2, 0.25) is 0 Å². The molecular formula is C13H21N. The first-order valence-electron chi connectivity index (χ1n) is 6.04. The first kappa shape index (κ1) is 10.1. The van der Waals surface area contributed by atoms with Crippen molar-refractivity contribution in [1.82, 2.24) is 5.32 Å². The van der Waals surface area contributed by atoms with Gasteiger partial charge in [0.15, 0.2) is 0 Å². The van der Waals surface area contributed by atoms with E-state index < -0.39 is 0 Å². The van der Waals surface area contributed by atoms with Gasteiger partial charge in [0.2, 0.25) is 0 Å². The molecule has 2 saturated carbocycles. The predicted octanol–water partition coefficient (Wildman–Crippen LogP) is 2.42. The quantitative estimate of drug-likeness (QED) is 0.673. The van der Waals surface area contributed by atoms with Gasteiger partial charge in [0.05, 0.1) is 6.04 Å². The molecule has 0 heterocycles. The lowest BCUT2D eigenvalue weighted by molar-refractivity contribution is 0.284. The van der Waals surface area contributed by atoms with Crippen LogP contribution in [0.15, 0.2) is 0 Å². The van der Waals surface area contributed by atoms with Gasteiger partial charge in [0.1, 0.15) is 0 Å². The maximum absolute atomic E-state index is 5.61. The third kappa shape index (κ3) is 1.81. The van der Waals surface area contributed by atoms with Crippen LogP contribution in [-0.4, -0.2) is 12.6 Å². The lowest BCUT2D eigenvalue weighted by Gasteiger charge is -2.27. The van der Waals surface area contributed by atoms with E-state index in [1.54, 1.807) is 0 Å². The van der Waals surface area contributed by atoms with Gasteiger partial charge in [-0.25, -0.2) is 0 Å². The van der Waals surface area contributed by atoms with E-state index in [-0.39, 0.29) is 0 Å². The number of nitrogens with one attached hydrogen (secondary N) is 1. The molecule has 2 bridgehead atoms. The van der Waals surface area contributed by atoms with Crippen LogP contribution in [0.4, 0.5) is 0 Å². The summed E-state index contributed by atoms with van der Waals surface area (Å²) in [5.41, 5.74) is 0. The number of fused-ring (bicyclic) bond motifs is 2. The Morgan fingerprint density at radius 2 is 2.29 bits per heavy atom. The first-order chi connectivity index (χ1) is 6.85. The van der Waals surface area contributed by atoms with E-state index in [2.05, 4.69) is 18.2 Å². The van der Waals surface area contributed by atoms with E-state index in [9.17, 15) is 0 Å². The van der Waals surface area contributed by atoms with Crippen molar-refractivity contribution in [1.29, 1.82) is 0 Å². The van der Waals surface area contributed by atoms with E-state index in [4.69, 9.17) is 6.42 Å². The summed E-state index contributed by atoms with van der Waals surface area (Å²) in [7, 11) is 0. The zero-order valence-corrected chi connectivity index (χ0v) is 9.13. The van der Waals surface area contributed by atoms with Crippen molar-refractivity contribution >= 4 is 0 Å². The van der Waals surface area contributed by atoms with Gasteiger partial charge in [-0.05, 0) is 50.0 Å². The summed E-state index contributed by atoms with van der Waals surface area (Å²) in [4.78, 5) is 0. The second kappa shape index (κ2) is 4.36. The van der Waals surface area contributed by atoms with Crippen LogP contribution in [0, 0.1) is 30.1 Å². The van der Waals surface area contributed by atoms with Gasteiger partial charge in [0, 0.05) is 0 Å². The van der Waals surface area contributed by atoms with E-state index in [0.717, 1.165) is 24.3 Å². The molecule has 0 spiro atoms. The highest BCUT2D eigenvalue weighted by atomic mass is 14.9. The second-order valence-electron chi connectivity index (χ2n) is 4.94. The average Bonchev–Trinajstić information content (AvgIpc) is 2.80. The zero-order valence-electron chi connectivity index (χ0n) is 9.13. The average molecular weight is 191 g/mol. The molecule has 4 atom stereocenters. The van der Waals surface area contributed by atoms with Gasteiger partial charge in [0.25, 0.3) is 0 Å². The molecule has 2 fully saturated rings. The van der Waals surface area contributed by atoms with Gasteiger partial charge < -0.3 is 5.32 Å². The van der Waals surface area contributed by atoms with Gasteiger partial charge in [-0.1, -0.05) is 19.3 Å². The van der Waals surface area contributed by atoms with E-state index in [1.165, 1.54) is 32.1 Å².